The third-order valence-electron chi connectivity index (χ3n) is 7.89. The number of fused-ring (bicyclic) bond motifs is 2. The van der Waals surface area contributed by atoms with Crippen molar-refractivity contribution < 1.29 is 9.53 Å². The Morgan fingerprint density at radius 1 is 1.17 bits per heavy atom. The van der Waals surface area contributed by atoms with Gasteiger partial charge in [-0.05, 0) is 49.4 Å². The number of carbonyl (C=O) groups excluding carboxylic acids is 1. The van der Waals surface area contributed by atoms with Crippen LogP contribution in [0.5, 0.6) is 0 Å². The van der Waals surface area contributed by atoms with Gasteiger partial charge in [-0.15, -0.1) is 6.58 Å². The van der Waals surface area contributed by atoms with Crippen molar-refractivity contribution in [2.75, 3.05) is 26.2 Å². The van der Waals surface area contributed by atoms with Crippen LogP contribution in [0.4, 0.5) is 4.79 Å². The van der Waals surface area contributed by atoms with Crippen molar-refractivity contribution in [1.29, 1.82) is 0 Å². The molecule has 0 spiro atoms. The molecule has 1 aliphatic carbocycles. The van der Waals surface area contributed by atoms with E-state index >= 15 is 0 Å². The number of ether oxygens (including phenoxy) is 1. The lowest BCUT2D eigenvalue weighted by molar-refractivity contribution is 0.0995. The average Bonchev–Trinajstić information content (AvgIpc) is 3.24. The van der Waals surface area contributed by atoms with Gasteiger partial charge in [0.1, 0.15) is 0 Å². The first-order valence-electron chi connectivity index (χ1n) is 13.3. The topological polar surface area (TPSA) is 60.6 Å². The second kappa shape index (κ2) is 10.9. The molecule has 3 atom stereocenters. The Hall–Kier alpha value is -3.09. The van der Waals surface area contributed by atoms with Gasteiger partial charge in [0.15, 0.2) is 0 Å². The third-order valence-corrected chi connectivity index (χ3v) is 7.89. The fourth-order valence-electron chi connectivity index (χ4n) is 6.19. The number of nitrogens with one attached hydrogen (secondary N) is 2. The summed E-state index contributed by atoms with van der Waals surface area (Å²) in [5, 5.41) is 4.68. The zero-order valence-corrected chi connectivity index (χ0v) is 21.5. The number of aromatic nitrogens is 1. The number of aromatic amines is 1. The molecule has 1 unspecified atom stereocenters. The van der Waals surface area contributed by atoms with E-state index in [1.165, 1.54) is 33.3 Å². The van der Waals surface area contributed by atoms with Crippen LogP contribution in [0.2, 0.25) is 0 Å². The normalized spacial score (nSPS) is 21.2. The van der Waals surface area contributed by atoms with E-state index in [1.54, 1.807) is 0 Å². The molecule has 6 heteroatoms. The van der Waals surface area contributed by atoms with E-state index in [1.807, 2.05) is 43.0 Å². The van der Waals surface area contributed by atoms with Crippen LogP contribution in [0.3, 0.4) is 0 Å². The molecule has 2 aliphatic rings. The number of piperidine rings is 1. The van der Waals surface area contributed by atoms with Crippen LogP contribution in [0.25, 0.3) is 10.9 Å². The lowest BCUT2D eigenvalue weighted by Crippen LogP contribution is -2.57. The van der Waals surface area contributed by atoms with Gasteiger partial charge in [-0.1, -0.05) is 48.5 Å². The van der Waals surface area contributed by atoms with Gasteiger partial charge in [0, 0.05) is 60.8 Å². The Labute approximate surface area is 214 Å². The fraction of sp³-hybridized carbons (Fsp3) is 0.433. The Morgan fingerprint density at radius 2 is 1.97 bits per heavy atom. The highest BCUT2D eigenvalue weighted by Crippen LogP contribution is 2.44. The van der Waals surface area contributed by atoms with E-state index in [0.29, 0.717) is 25.2 Å². The summed E-state index contributed by atoms with van der Waals surface area (Å²) in [5.74, 6) is 0.366. The molecule has 0 radical (unpaired) electrons. The predicted molar refractivity (Wildman–Crippen MR) is 145 cm³/mol. The van der Waals surface area contributed by atoms with Crippen molar-refractivity contribution in [1.82, 2.24) is 20.1 Å². The van der Waals surface area contributed by atoms with Crippen LogP contribution in [0.15, 0.2) is 61.2 Å². The standard InChI is InChI=1S/C30H38N4O2/c1-4-15-34-18-22(31-30(35)33(5-2)6-3)16-24-23-13-10-14-26-29(23)25(17-28(24)34)27(32-26)20-36-19-21-11-8-7-9-12-21/h4,7-14,22,24,28,32H,1,5-6,15-20H2,2-3H3,(H,31,35)/t22-,24?,28+/m0/s1. The van der Waals surface area contributed by atoms with Crippen LogP contribution in [0, 0.1) is 0 Å². The first-order chi connectivity index (χ1) is 17.6. The molecule has 1 fully saturated rings. The van der Waals surface area contributed by atoms with Crippen LogP contribution >= 0.6 is 0 Å². The number of benzene rings is 2. The number of rotatable bonds is 9. The molecule has 2 heterocycles. The van der Waals surface area contributed by atoms with E-state index in [0.717, 1.165) is 39.0 Å². The smallest absolute Gasteiger partial charge is 0.317 e. The van der Waals surface area contributed by atoms with E-state index < -0.39 is 0 Å². The summed E-state index contributed by atoms with van der Waals surface area (Å²) in [4.78, 5) is 20.9. The van der Waals surface area contributed by atoms with Crippen molar-refractivity contribution in [3.8, 4) is 0 Å². The van der Waals surface area contributed by atoms with Crippen LogP contribution in [-0.2, 0) is 24.4 Å². The second-order valence-electron chi connectivity index (χ2n) is 10.0. The number of carbonyl (C=O) groups is 1. The number of H-pyrrole nitrogens is 1. The maximum absolute atomic E-state index is 12.9. The summed E-state index contributed by atoms with van der Waals surface area (Å²) in [6.07, 6.45) is 3.92. The zero-order valence-electron chi connectivity index (χ0n) is 21.5. The molecule has 2 aromatic carbocycles. The largest absolute Gasteiger partial charge is 0.371 e. The first kappa shape index (κ1) is 24.6. The van der Waals surface area contributed by atoms with Gasteiger partial charge >= 0.3 is 6.03 Å². The molecule has 36 heavy (non-hydrogen) atoms. The average molecular weight is 487 g/mol. The van der Waals surface area contributed by atoms with Gasteiger partial charge in [0.25, 0.3) is 0 Å². The predicted octanol–water partition coefficient (Wildman–Crippen LogP) is 5.20. The lowest BCUT2D eigenvalue weighted by atomic mass is 9.73. The highest BCUT2D eigenvalue weighted by molar-refractivity contribution is 5.89. The number of hydrogen-bond acceptors (Lipinski definition) is 3. The Kier molecular flexibility index (Phi) is 7.44. The molecular formula is C30H38N4O2. The van der Waals surface area contributed by atoms with Crippen molar-refractivity contribution in [3.05, 3.63) is 83.6 Å². The minimum absolute atomic E-state index is 0.0382. The number of hydrogen-bond donors (Lipinski definition) is 2. The summed E-state index contributed by atoms with van der Waals surface area (Å²) in [6, 6.07) is 17.5. The van der Waals surface area contributed by atoms with Crippen molar-refractivity contribution in [3.63, 3.8) is 0 Å². The zero-order chi connectivity index (χ0) is 25.1. The maximum Gasteiger partial charge on any atom is 0.317 e. The van der Waals surface area contributed by atoms with Crippen LogP contribution < -0.4 is 5.32 Å². The number of amides is 2. The van der Waals surface area contributed by atoms with Gasteiger partial charge in [-0.25, -0.2) is 4.79 Å². The van der Waals surface area contributed by atoms with Crippen molar-refractivity contribution in [2.45, 2.75) is 57.9 Å². The Balaban J connectivity index is 1.40. The monoisotopic (exact) mass is 486 g/mol. The summed E-state index contributed by atoms with van der Waals surface area (Å²) in [5.41, 5.74) is 6.33. The van der Waals surface area contributed by atoms with E-state index in [4.69, 9.17) is 4.74 Å². The molecule has 1 aliphatic heterocycles. The molecule has 1 aromatic heterocycles. The molecule has 190 valence electrons. The lowest BCUT2D eigenvalue weighted by Gasteiger charge is -2.47. The molecule has 5 rings (SSSR count). The molecule has 3 aromatic rings. The molecular weight excluding hydrogens is 448 g/mol. The summed E-state index contributed by atoms with van der Waals surface area (Å²) >= 11 is 0. The number of urea groups is 1. The Bertz CT molecular complexity index is 1200. The van der Waals surface area contributed by atoms with Gasteiger partial charge < -0.3 is 19.9 Å². The highest BCUT2D eigenvalue weighted by atomic mass is 16.5. The minimum Gasteiger partial charge on any atom is -0.371 e. The summed E-state index contributed by atoms with van der Waals surface area (Å²) < 4.78 is 6.14. The Morgan fingerprint density at radius 3 is 2.72 bits per heavy atom. The van der Waals surface area contributed by atoms with Gasteiger partial charge in [0.05, 0.1) is 13.2 Å². The van der Waals surface area contributed by atoms with Crippen LogP contribution in [0.1, 0.15) is 48.6 Å². The number of likely N-dealkylation sites (tertiary alicyclic amines) is 1. The third kappa shape index (κ3) is 4.80. The second-order valence-corrected chi connectivity index (χ2v) is 10.0. The van der Waals surface area contributed by atoms with E-state index in [9.17, 15) is 4.79 Å². The van der Waals surface area contributed by atoms with Gasteiger partial charge in [-0.2, -0.15) is 0 Å². The molecule has 0 saturated carbocycles. The van der Waals surface area contributed by atoms with Crippen molar-refractivity contribution in [2.24, 2.45) is 0 Å². The molecule has 1 saturated heterocycles. The summed E-state index contributed by atoms with van der Waals surface area (Å²) in [7, 11) is 0. The molecule has 6 nitrogen and oxygen atoms in total. The van der Waals surface area contributed by atoms with Crippen molar-refractivity contribution >= 4 is 16.9 Å². The quantitative estimate of drug-likeness (QED) is 0.409. The molecule has 0 bridgehead atoms. The highest BCUT2D eigenvalue weighted by Gasteiger charge is 2.41. The minimum atomic E-state index is 0.0382. The molecule has 2 N–H and O–H groups in total. The van der Waals surface area contributed by atoms with E-state index in [2.05, 4.69) is 52.1 Å². The first-order valence-corrected chi connectivity index (χ1v) is 13.3. The summed E-state index contributed by atoms with van der Waals surface area (Å²) in [6.45, 7) is 12.4. The maximum atomic E-state index is 12.9. The SMILES string of the molecule is C=CCN1C[C@@H](NC(=O)N(CC)CC)CC2c3cccc4[nH]c(COCc5ccccc5)c(c34)C[C@H]21. The van der Waals surface area contributed by atoms with Gasteiger partial charge in [-0.3, -0.25) is 4.90 Å². The fourth-order valence-corrected chi connectivity index (χ4v) is 6.19. The molecule has 2 amide bonds. The van der Waals surface area contributed by atoms with Crippen LogP contribution in [-0.4, -0.2) is 59.1 Å². The van der Waals surface area contributed by atoms with E-state index in [-0.39, 0.29) is 12.1 Å². The number of nitrogens with zero attached hydrogens (tertiary/aromatic N) is 2. The van der Waals surface area contributed by atoms with Gasteiger partial charge in [0.2, 0.25) is 0 Å².